The summed E-state index contributed by atoms with van der Waals surface area (Å²) in [7, 11) is 0. The predicted molar refractivity (Wildman–Crippen MR) is 80.9 cm³/mol. The van der Waals surface area contributed by atoms with Crippen molar-refractivity contribution < 1.29 is 13.9 Å². The quantitative estimate of drug-likeness (QED) is 0.694. The minimum Gasteiger partial charge on any atom is -0.492 e. The monoisotopic (exact) mass is 398 g/mol. The van der Waals surface area contributed by atoms with Crippen molar-refractivity contribution in [2.24, 2.45) is 0 Å². The zero-order valence-corrected chi connectivity index (χ0v) is 13.4. The molecule has 1 aliphatic heterocycles. The van der Waals surface area contributed by atoms with E-state index in [2.05, 4.69) is 31.9 Å². The average molecular weight is 400 g/mol. The van der Waals surface area contributed by atoms with Crippen LogP contribution in [0.1, 0.15) is 21.5 Å². The van der Waals surface area contributed by atoms with Gasteiger partial charge < -0.3 is 4.74 Å². The van der Waals surface area contributed by atoms with Gasteiger partial charge in [0.1, 0.15) is 11.6 Å². The van der Waals surface area contributed by atoms with Crippen molar-refractivity contribution in [3.05, 3.63) is 61.8 Å². The molecule has 0 unspecified atom stereocenters. The number of hydrogen-bond acceptors (Lipinski definition) is 2. The van der Waals surface area contributed by atoms with Gasteiger partial charge in [0.2, 0.25) is 0 Å². The predicted octanol–water partition coefficient (Wildman–Crippen LogP) is 4.52. The van der Waals surface area contributed by atoms with E-state index in [1.807, 2.05) is 6.07 Å². The lowest BCUT2D eigenvalue weighted by molar-refractivity contribution is 0.103. The number of ketones is 1. The van der Waals surface area contributed by atoms with Crippen LogP contribution in [0.15, 0.2) is 39.3 Å². The SMILES string of the molecule is O=C(c1cc(Br)ccc1F)c1cc(Br)cc2c1OCC2. The van der Waals surface area contributed by atoms with Gasteiger partial charge in [0, 0.05) is 15.4 Å². The molecule has 3 rings (SSSR count). The van der Waals surface area contributed by atoms with Crippen molar-refractivity contribution in [3.63, 3.8) is 0 Å². The maximum atomic E-state index is 13.9. The van der Waals surface area contributed by atoms with E-state index >= 15 is 0 Å². The van der Waals surface area contributed by atoms with Gasteiger partial charge in [-0.05, 0) is 35.9 Å². The van der Waals surface area contributed by atoms with Crippen molar-refractivity contribution in [3.8, 4) is 5.75 Å². The van der Waals surface area contributed by atoms with Crippen LogP contribution < -0.4 is 4.74 Å². The van der Waals surface area contributed by atoms with Crippen molar-refractivity contribution in [2.75, 3.05) is 6.61 Å². The molecule has 1 heterocycles. The summed E-state index contributed by atoms with van der Waals surface area (Å²) in [4.78, 5) is 12.6. The van der Waals surface area contributed by atoms with Crippen LogP contribution in [0.2, 0.25) is 0 Å². The number of rotatable bonds is 2. The highest BCUT2D eigenvalue weighted by Gasteiger charge is 2.24. The van der Waals surface area contributed by atoms with E-state index in [9.17, 15) is 9.18 Å². The maximum Gasteiger partial charge on any atom is 0.199 e. The molecule has 1 aliphatic rings. The normalized spacial score (nSPS) is 12.9. The Bertz CT molecular complexity index is 713. The molecule has 2 aromatic rings. The Balaban J connectivity index is 2.14. The third kappa shape index (κ3) is 2.40. The van der Waals surface area contributed by atoms with Gasteiger partial charge in [-0.2, -0.15) is 0 Å². The Morgan fingerprint density at radius 2 is 1.85 bits per heavy atom. The first kappa shape index (κ1) is 13.8. The van der Waals surface area contributed by atoms with Crippen molar-refractivity contribution in [2.45, 2.75) is 6.42 Å². The Kier molecular flexibility index (Phi) is 3.65. The second kappa shape index (κ2) is 5.30. The number of benzene rings is 2. The largest absolute Gasteiger partial charge is 0.492 e. The van der Waals surface area contributed by atoms with Crippen molar-refractivity contribution in [1.82, 2.24) is 0 Å². The summed E-state index contributed by atoms with van der Waals surface area (Å²) < 4.78 is 20.8. The Morgan fingerprint density at radius 1 is 1.10 bits per heavy atom. The van der Waals surface area contributed by atoms with Crippen molar-refractivity contribution >= 4 is 37.6 Å². The molecule has 0 aliphatic carbocycles. The molecular weight excluding hydrogens is 391 g/mol. The summed E-state index contributed by atoms with van der Waals surface area (Å²) in [5.41, 5.74) is 1.40. The van der Waals surface area contributed by atoms with Crippen LogP contribution in [0.25, 0.3) is 0 Å². The van der Waals surface area contributed by atoms with Crippen molar-refractivity contribution in [1.29, 1.82) is 0 Å². The summed E-state index contributed by atoms with van der Waals surface area (Å²) in [6, 6.07) is 7.92. The summed E-state index contributed by atoms with van der Waals surface area (Å²) in [5.74, 6) is -0.342. The van der Waals surface area contributed by atoms with Crippen LogP contribution in [0, 0.1) is 5.82 Å². The molecule has 0 N–H and O–H groups in total. The smallest absolute Gasteiger partial charge is 0.199 e. The molecule has 0 saturated carbocycles. The van der Waals surface area contributed by atoms with E-state index in [0.29, 0.717) is 22.4 Å². The second-order valence-electron chi connectivity index (χ2n) is 4.49. The molecule has 5 heteroatoms. The number of fused-ring (bicyclic) bond motifs is 1. The van der Waals surface area contributed by atoms with Gasteiger partial charge in [0.15, 0.2) is 5.78 Å². The molecule has 2 nitrogen and oxygen atoms in total. The molecule has 0 atom stereocenters. The number of halogens is 3. The lowest BCUT2D eigenvalue weighted by atomic mass is 9.99. The van der Waals surface area contributed by atoms with Crippen LogP contribution in [-0.4, -0.2) is 12.4 Å². The van der Waals surface area contributed by atoms with Crippen LogP contribution in [0.3, 0.4) is 0 Å². The molecule has 0 radical (unpaired) electrons. The standard InChI is InChI=1S/C15H9Br2FO2/c16-9-1-2-13(18)11(6-9)14(19)12-7-10(17)5-8-3-4-20-15(8)12/h1-2,5-7H,3-4H2. The minimum absolute atomic E-state index is 0.0372. The number of ether oxygens (including phenoxy) is 1. The molecule has 0 spiro atoms. The van der Waals surface area contributed by atoms with Gasteiger partial charge in [-0.15, -0.1) is 0 Å². The summed E-state index contributed by atoms with van der Waals surface area (Å²) in [5, 5.41) is 0. The fourth-order valence-corrected chi connectivity index (χ4v) is 3.12. The topological polar surface area (TPSA) is 26.3 Å². The highest BCUT2D eigenvalue weighted by atomic mass is 79.9. The van der Waals surface area contributed by atoms with E-state index in [1.165, 1.54) is 12.1 Å². The molecule has 0 bridgehead atoms. The lowest BCUT2D eigenvalue weighted by Crippen LogP contribution is -2.06. The molecule has 0 saturated heterocycles. The molecule has 102 valence electrons. The van der Waals surface area contributed by atoms with Gasteiger partial charge in [-0.3, -0.25) is 4.79 Å². The van der Waals surface area contributed by atoms with E-state index in [0.717, 1.165) is 16.5 Å². The lowest BCUT2D eigenvalue weighted by Gasteiger charge is -2.09. The fraction of sp³-hybridized carbons (Fsp3) is 0.133. The van der Waals surface area contributed by atoms with Crippen LogP contribution in [0.4, 0.5) is 4.39 Å². The Labute approximate surface area is 132 Å². The van der Waals surface area contributed by atoms with E-state index in [4.69, 9.17) is 4.74 Å². The van der Waals surface area contributed by atoms with Gasteiger partial charge in [-0.25, -0.2) is 4.39 Å². The zero-order chi connectivity index (χ0) is 14.3. The number of carbonyl (C=O) groups is 1. The van der Waals surface area contributed by atoms with Gasteiger partial charge in [-0.1, -0.05) is 31.9 Å². The second-order valence-corrected chi connectivity index (χ2v) is 6.32. The number of carbonyl (C=O) groups excluding carboxylic acids is 1. The first-order valence-electron chi connectivity index (χ1n) is 6.01. The molecule has 20 heavy (non-hydrogen) atoms. The van der Waals surface area contributed by atoms with Crippen LogP contribution >= 0.6 is 31.9 Å². The van der Waals surface area contributed by atoms with E-state index < -0.39 is 5.82 Å². The summed E-state index contributed by atoms with van der Waals surface area (Å²) in [6.07, 6.45) is 0.760. The van der Waals surface area contributed by atoms with E-state index in [1.54, 1.807) is 12.1 Å². The summed E-state index contributed by atoms with van der Waals surface area (Å²) in [6.45, 7) is 0.549. The molecule has 0 fully saturated rings. The fourth-order valence-electron chi connectivity index (χ4n) is 2.25. The Hall–Kier alpha value is -1.20. The third-order valence-corrected chi connectivity index (χ3v) is 4.12. The maximum absolute atomic E-state index is 13.9. The van der Waals surface area contributed by atoms with E-state index in [-0.39, 0.29) is 11.3 Å². The van der Waals surface area contributed by atoms with Gasteiger partial charge in [0.05, 0.1) is 17.7 Å². The first-order chi connectivity index (χ1) is 9.56. The molecule has 2 aromatic carbocycles. The average Bonchev–Trinajstić information content (AvgIpc) is 2.87. The Morgan fingerprint density at radius 3 is 2.65 bits per heavy atom. The van der Waals surface area contributed by atoms with Gasteiger partial charge >= 0.3 is 0 Å². The van der Waals surface area contributed by atoms with Crippen LogP contribution in [-0.2, 0) is 6.42 Å². The highest BCUT2D eigenvalue weighted by Crippen LogP contribution is 2.34. The third-order valence-electron chi connectivity index (χ3n) is 3.17. The van der Waals surface area contributed by atoms with Crippen LogP contribution in [0.5, 0.6) is 5.75 Å². The number of hydrogen-bond donors (Lipinski definition) is 0. The molecule has 0 amide bonds. The van der Waals surface area contributed by atoms with Gasteiger partial charge in [0.25, 0.3) is 0 Å². The molecule has 0 aromatic heterocycles. The minimum atomic E-state index is -0.537. The first-order valence-corrected chi connectivity index (χ1v) is 7.60. The highest BCUT2D eigenvalue weighted by molar-refractivity contribution is 9.10. The zero-order valence-electron chi connectivity index (χ0n) is 10.3. The summed E-state index contributed by atoms with van der Waals surface area (Å²) >= 11 is 6.63. The molecular formula is C15H9Br2FO2.